The fourth-order valence-corrected chi connectivity index (χ4v) is 5.26. The highest BCUT2D eigenvalue weighted by Crippen LogP contribution is 2.35. The van der Waals surface area contributed by atoms with Gasteiger partial charge in [-0.2, -0.15) is 0 Å². The van der Waals surface area contributed by atoms with Gasteiger partial charge in [0, 0.05) is 30.6 Å². The fraction of sp³-hybridized carbons (Fsp3) is 0.400. The van der Waals surface area contributed by atoms with E-state index in [1.165, 1.54) is 4.90 Å². The van der Waals surface area contributed by atoms with Crippen LogP contribution in [-0.4, -0.2) is 99.1 Å². The highest BCUT2D eigenvalue weighted by molar-refractivity contribution is 6.52. The van der Waals surface area contributed by atoms with Gasteiger partial charge in [-0.05, 0) is 35.6 Å². The number of imide groups is 1. The number of hydrogen-bond acceptors (Lipinski definition) is 6. The van der Waals surface area contributed by atoms with Crippen LogP contribution in [0, 0.1) is 0 Å². The average molecular weight is 499 g/mol. The van der Waals surface area contributed by atoms with E-state index in [0.29, 0.717) is 54.3 Å². The Morgan fingerprint density at radius 1 is 1.05 bits per heavy atom. The van der Waals surface area contributed by atoms with Crippen LogP contribution in [0.25, 0.3) is 0 Å². The zero-order valence-electron chi connectivity index (χ0n) is 20.8. The summed E-state index contributed by atoms with van der Waals surface area (Å²) >= 11 is 0. The highest BCUT2D eigenvalue weighted by atomic mass is 16.5. The summed E-state index contributed by atoms with van der Waals surface area (Å²) in [5.74, 6) is -1.33. The van der Waals surface area contributed by atoms with Crippen molar-refractivity contribution in [2.75, 3.05) is 26.3 Å². The van der Waals surface area contributed by atoms with Crippen LogP contribution in [0.2, 0.25) is 0 Å². The second kappa shape index (κ2) is 10.7. The fourth-order valence-electron chi connectivity index (χ4n) is 5.26. The van der Waals surface area contributed by atoms with Gasteiger partial charge in [0.2, 0.25) is 11.8 Å². The van der Waals surface area contributed by atoms with Gasteiger partial charge in [0.25, 0.3) is 5.91 Å². The van der Waals surface area contributed by atoms with Gasteiger partial charge in [-0.15, -0.1) is 0 Å². The number of hydrogen-bond donors (Lipinski definition) is 1. The Morgan fingerprint density at radius 3 is 2.50 bits per heavy atom. The largest absolute Gasteiger partial charge is 0.496 e. The number of carbonyl (C=O) groups excluding carboxylic acids is 3. The van der Waals surface area contributed by atoms with Gasteiger partial charge < -0.3 is 19.3 Å². The molecule has 10 radical (unpaired) electrons. The van der Waals surface area contributed by atoms with Crippen LogP contribution in [0.3, 0.4) is 0 Å². The number of rotatable bonds is 6. The van der Waals surface area contributed by atoms with Crippen molar-refractivity contribution in [1.29, 1.82) is 0 Å². The van der Waals surface area contributed by atoms with E-state index in [4.69, 9.17) is 48.7 Å². The lowest BCUT2D eigenvalue weighted by Gasteiger charge is -2.35. The predicted octanol–water partition coefficient (Wildman–Crippen LogP) is -2.43. The summed E-state index contributed by atoms with van der Waals surface area (Å²) in [7, 11) is 32.0. The van der Waals surface area contributed by atoms with E-state index in [1.54, 1.807) is 24.3 Å². The summed E-state index contributed by atoms with van der Waals surface area (Å²) in [6.07, 6.45) is 0.418. The molecular weight excluding hydrogens is 476 g/mol. The van der Waals surface area contributed by atoms with Crippen molar-refractivity contribution in [3.8, 4) is 5.75 Å². The van der Waals surface area contributed by atoms with E-state index in [1.807, 2.05) is 4.90 Å². The Hall–Kier alpha value is -2.91. The molecule has 0 saturated carbocycles. The van der Waals surface area contributed by atoms with E-state index < -0.39 is 23.9 Å². The number of piperidine rings is 1. The molecule has 0 aromatic heterocycles. The second-order valence-electron chi connectivity index (χ2n) is 9.61. The first-order valence-electron chi connectivity index (χ1n) is 12.4. The molecule has 2 saturated heterocycles. The number of nitrogens with zero attached hydrogens (tertiary/aromatic N) is 2. The van der Waals surface area contributed by atoms with Gasteiger partial charge in [-0.25, -0.2) is 0 Å². The maximum absolute atomic E-state index is 13.1. The van der Waals surface area contributed by atoms with Gasteiger partial charge in [0.1, 0.15) is 43.2 Å². The van der Waals surface area contributed by atoms with Gasteiger partial charge >= 0.3 is 0 Å². The standard InChI is InChI=1S/C25H22B5N3O5/c26-15-10-13(22(29)32-6-8-37-9-7-32)20(27)21(28)19(15)23(30)38-17-3-1-2-12-14(17)11-33(25(12)36)16-4-5-18(34)31-24(16)35/h1-3,10,16,22-23H,4-9,11H2,(H,31,34,35). The van der Waals surface area contributed by atoms with E-state index >= 15 is 0 Å². The molecule has 2 aromatic carbocycles. The molecule has 182 valence electrons. The van der Waals surface area contributed by atoms with Crippen LogP contribution in [0.5, 0.6) is 5.75 Å². The van der Waals surface area contributed by atoms with Crippen molar-refractivity contribution < 1.29 is 23.9 Å². The highest BCUT2D eigenvalue weighted by Gasteiger charge is 2.40. The molecule has 0 aliphatic carbocycles. The molecule has 0 spiro atoms. The molecule has 3 heterocycles. The molecule has 2 fully saturated rings. The van der Waals surface area contributed by atoms with E-state index in [-0.39, 0.29) is 47.6 Å². The SMILES string of the molecule is [B]c1cc(C([B])N2CCOCC2)c([B])c([B])c1C([B])Oc1cccc2c1CN(C1CCC(=O)NC1=O)C2=O. The summed E-state index contributed by atoms with van der Waals surface area (Å²) < 4.78 is 11.5. The van der Waals surface area contributed by atoms with Gasteiger partial charge in [0.05, 0.1) is 33.6 Å². The number of amides is 3. The van der Waals surface area contributed by atoms with Crippen molar-refractivity contribution in [1.82, 2.24) is 15.1 Å². The molecule has 13 heteroatoms. The summed E-state index contributed by atoms with van der Waals surface area (Å²) in [4.78, 5) is 40.5. The smallest absolute Gasteiger partial charge is 0.255 e. The van der Waals surface area contributed by atoms with Gasteiger partial charge in [-0.3, -0.25) is 19.7 Å². The van der Waals surface area contributed by atoms with Gasteiger partial charge in [0.15, 0.2) is 0 Å². The maximum atomic E-state index is 13.1. The van der Waals surface area contributed by atoms with Crippen molar-refractivity contribution in [2.45, 2.75) is 37.4 Å². The number of carbonyl (C=O) groups is 3. The minimum Gasteiger partial charge on any atom is -0.496 e. The van der Waals surface area contributed by atoms with E-state index in [9.17, 15) is 14.4 Å². The minimum atomic E-state index is -1.10. The quantitative estimate of drug-likeness (QED) is 0.352. The Balaban J connectivity index is 1.38. The van der Waals surface area contributed by atoms with E-state index in [0.717, 1.165) is 0 Å². The molecule has 3 amide bonds. The average Bonchev–Trinajstić information content (AvgIpc) is 3.23. The predicted molar refractivity (Wildman–Crippen MR) is 145 cm³/mol. The number of morpholine rings is 1. The van der Waals surface area contributed by atoms with E-state index in [2.05, 4.69) is 5.32 Å². The third kappa shape index (κ3) is 4.82. The van der Waals surface area contributed by atoms with Crippen LogP contribution in [-0.2, 0) is 20.9 Å². The monoisotopic (exact) mass is 499 g/mol. The topological polar surface area (TPSA) is 88.2 Å². The molecule has 3 aliphatic rings. The number of fused-ring (bicyclic) bond motifs is 1. The first kappa shape index (κ1) is 26.7. The number of nitrogens with one attached hydrogen (secondary N) is 1. The van der Waals surface area contributed by atoms with Crippen molar-refractivity contribution in [3.05, 3.63) is 46.5 Å². The second-order valence-corrected chi connectivity index (χ2v) is 9.61. The Labute approximate surface area is 228 Å². The number of ether oxygens (including phenoxy) is 2. The van der Waals surface area contributed by atoms with Crippen molar-refractivity contribution >= 4 is 73.3 Å². The van der Waals surface area contributed by atoms with Crippen molar-refractivity contribution in [2.24, 2.45) is 0 Å². The van der Waals surface area contributed by atoms with Crippen LogP contribution in [0.15, 0.2) is 24.3 Å². The molecule has 5 rings (SSSR count). The molecule has 0 bridgehead atoms. The van der Waals surface area contributed by atoms with Crippen LogP contribution >= 0.6 is 0 Å². The van der Waals surface area contributed by atoms with Gasteiger partial charge in [-0.1, -0.05) is 28.5 Å². The summed E-state index contributed by atoms with van der Waals surface area (Å²) in [5.41, 5.74) is 2.58. The third-order valence-corrected chi connectivity index (χ3v) is 7.35. The molecule has 8 nitrogen and oxygen atoms in total. The minimum absolute atomic E-state index is 0.129. The lowest BCUT2D eigenvalue weighted by atomic mass is 9.64. The third-order valence-electron chi connectivity index (χ3n) is 7.35. The lowest BCUT2D eigenvalue weighted by molar-refractivity contribution is -0.136. The zero-order chi connectivity index (χ0) is 27.1. The summed E-state index contributed by atoms with van der Waals surface area (Å²) in [6.45, 7) is 2.57. The number of benzene rings is 2. The molecule has 1 N–H and O–H groups in total. The maximum Gasteiger partial charge on any atom is 0.255 e. The van der Waals surface area contributed by atoms with Crippen LogP contribution in [0.4, 0.5) is 0 Å². The first-order chi connectivity index (χ1) is 18.2. The molecule has 3 atom stereocenters. The molecule has 38 heavy (non-hydrogen) atoms. The molecule has 3 unspecified atom stereocenters. The molecule has 3 aliphatic heterocycles. The Morgan fingerprint density at radius 2 is 1.79 bits per heavy atom. The Bertz CT molecular complexity index is 1300. The normalized spacial score (nSPS) is 21.6. The van der Waals surface area contributed by atoms with Crippen molar-refractivity contribution in [3.63, 3.8) is 0 Å². The van der Waals surface area contributed by atoms with Crippen LogP contribution < -0.4 is 26.4 Å². The zero-order valence-corrected chi connectivity index (χ0v) is 20.8. The van der Waals surface area contributed by atoms with Crippen LogP contribution in [0.1, 0.15) is 51.8 Å². The summed E-state index contributed by atoms with van der Waals surface area (Å²) in [6, 6.07) is 4.82. The summed E-state index contributed by atoms with van der Waals surface area (Å²) in [5, 5.41) is 2.29. The molecular formula is C25H22B5N3O5. The first-order valence-corrected chi connectivity index (χ1v) is 12.4. The lowest BCUT2D eigenvalue weighted by Crippen LogP contribution is -2.52. The Kier molecular flexibility index (Phi) is 7.51. The molecule has 2 aromatic rings.